The Balaban J connectivity index is 1.30. The van der Waals surface area contributed by atoms with Crippen molar-refractivity contribution in [3.05, 3.63) is 40.3 Å². The molecule has 1 aromatic heterocycles. The van der Waals surface area contributed by atoms with Crippen LogP contribution in [0.3, 0.4) is 0 Å². The van der Waals surface area contributed by atoms with Crippen LogP contribution in [0, 0.1) is 27.9 Å². The van der Waals surface area contributed by atoms with Crippen molar-refractivity contribution >= 4 is 11.7 Å². The van der Waals surface area contributed by atoms with Gasteiger partial charge >= 0.3 is 5.97 Å². The average molecular weight is 357 g/mol. The van der Waals surface area contributed by atoms with Gasteiger partial charge in [-0.3, -0.25) is 14.9 Å². The molecule has 0 aliphatic heterocycles. The van der Waals surface area contributed by atoms with E-state index in [1.165, 1.54) is 43.5 Å². The number of nitro groups is 1. The van der Waals surface area contributed by atoms with E-state index in [1.807, 2.05) is 0 Å². The molecule has 2 saturated carbocycles. The van der Waals surface area contributed by atoms with Crippen molar-refractivity contribution in [2.75, 3.05) is 0 Å². The molecule has 3 atom stereocenters. The summed E-state index contributed by atoms with van der Waals surface area (Å²) in [4.78, 5) is 22.3. The lowest BCUT2D eigenvalue weighted by Crippen LogP contribution is -2.17. The number of fused-ring (bicyclic) bond motifs is 2. The number of rotatable bonds is 6. The standard InChI is InChI=1S/C18H19N3O5/c22-17(9-14-8-11-1-2-13(14)7-11)25-10-16-19-20-18(26-16)12-3-5-15(6-4-12)21(23)24/h3-6,11,13-14H,1-2,7-10H2/t11-,13-,14+/m1/s1. The molecule has 0 N–H and O–H groups in total. The van der Waals surface area contributed by atoms with Crippen LogP contribution in [0.25, 0.3) is 11.5 Å². The molecule has 2 fully saturated rings. The van der Waals surface area contributed by atoms with Crippen LogP contribution in [-0.4, -0.2) is 21.1 Å². The van der Waals surface area contributed by atoms with Crippen LogP contribution in [0.4, 0.5) is 5.69 Å². The van der Waals surface area contributed by atoms with Crippen molar-refractivity contribution in [1.82, 2.24) is 10.2 Å². The molecule has 1 heterocycles. The third-order valence-electron chi connectivity index (χ3n) is 5.46. The van der Waals surface area contributed by atoms with Crippen molar-refractivity contribution in [2.24, 2.45) is 17.8 Å². The first-order valence-electron chi connectivity index (χ1n) is 8.81. The Morgan fingerprint density at radius 2 is 2.04 bits per heavy atom. The van der Waals surface area contributed by atoms with Gasteiger partial charge in [0.2, 0.25) is 5.89 Å². The van der Waals surface area contributed by atoms with Gasteiger partial charge in [-0.15, -0.1) is 10.2 Å². The van der Waals surface area contributed by atoms with Gasteiger partial charge in [0.15, 0.2) is 6.61 Å². The van der Waals surface area contributed by atoms with Crippen LogP contribution in [0.2, 0.25) is 0 Å². The van der Waals surface area contributed by atoms with E-state index < -0.39 is 4.92 Å². The molecule has 2 aliphatic carbocycles. The Labute approximate surface area is 149 Å². The fourth-order valence-electron chi connectivity index (χ4n) is 4.20. The Morgan fingerprint density at radius 3 is 2.69 bits per heavy atom. The quantitative estimate of drug-likeness (QED) is 0.442. The lowest BCUT2D eigenvalue weighted by Gasteiger charge is -2.20. The van der Waals surface area contributed by atoms with Crippen LogP contribution in [0.5, 0.6) is 0 Å². The van der Waals surface area contributed by atoms with E-state index in [2.05, 4.69) is 10.2 Å². The van der Waals surface area contributed by atoms with Crippen LogP contribution >= 0.6 is 0 Å². The molecule has 2 aliphatic rings. The van der Waals surface area contributed by atoms with Gasteiger partial charge in [0.25, 0.3) is 11.6 Å². The van der Waals surface area contributed by atoms with Gasteiger partial charge in [0, 0.05) is 24.1 Å². The van der Waals surface area contributed by atoms with Crippen molar-refractivity contribution in [1.29, 1.82) is 0 Å². The lowest BCUT2D eigenvalue weighted by atomic mass is 9.86. The molecule has 0 unspecified atom stereocenters. The van der Waals surface area contributed by atoms with Gasteiger partial charge in [-0.05, 0) is 49.1 Å². The van der Waals surface area contributed by atoms with Gasteiger partial charge in [0.05, 0.1) is 4.92 Å². The number of nitrogens with zero attached hydrogens (tertiary/aromatic N) is 3. The number of hydrogen-bond donors (Lipinski definition) is 0. The fourth-order valence-corrected chi connectivity index (χ4v) is 4.20. The second-order valence-corrected chi connectivity index (χ2v) is 7.10. The first-order chi connectivity index (χ1) is 12.6. The van der Waals surface area contributed by atoms with E-state index in [9.17, 15) is 14.9 Å². The maximum Gasteiger partial charge on any atom is 0.306 e. The SMILES string of the molecule is O=C(C[C@@H]1C[C@@H]2CC[C@@H]1C2)OCc1nnc(-c2ccc([N+](=O)[O-])cc2)o1. The summed E-state index contributed by atoms with van der Waals surface area (Å²) in [6.45, 7) is -0.0559. The molecular formula is C18H19N3O5. The summed E-state index contributed by atoms with van der Waals surface area (Å²) in [5.74, 6) is 2.17. The van der Waals surface area contributed by atoms with Crippen molar-refractivity contribution in [3.63, 3.8) is 0 Å². The van der Waals surface area contributed by atoms with Gasteiger partial charge < -0.3 is 9.15 Å². The normalized spacial score (nSPS) is 23.9. The third-order valence-corrected chi connectivity index (χ3v) is 5.46. The second kappa shape index (κ2) is 6.86. The summed E-state index contributed by atoms with van der Waals surface area (Å²) >= 11 is 0. The molecule has 0 saturated heterocycles. The summed E-state index contributed by atoms with van der Waals surface area (Å²) in [5.41, 5.74) is 0.561. The largest absolute Gasteiger partial charge is 0.456 e. The molecule has 0 radical (unpaired) electrons. The summed E-state index contributed by atoms with van der Waals surface area (Å²) in [6.07, 6.45) is 5.42. The minimum atomic E-state index is -0.474. The van der Waals surface area contributed by atoms with Crippen LogP contribution in [0.1, 0.15) is 38.0 Å². The molecule has 8 nitrogen and oxygen atoms in total. The minimum absolute atomic E-state index is 0.0111. The van der Waals surface area contributed by atoms with Crippen LogP contribution in [0.15, 0.2) is 28.7 Å². The Hall–Kier alpha value is -2.77. The Bertz CT molecular complexity index is 816. The Kier molecular flexibility index (Phi) is 4.40. The van der Waals surface area contributed by atoms with E-state index in [0.717, 1.165) is 12.3 Å². The first kappa shape index (κ1) is 16.7. The first-order valence-corrected chi connectivity index (χ1v) is 8.81. The highest BCUT2D eigenvalue weighted by molar-refractivity contribution is 5.69. The Morgan fingerprint density at radius 1 is 1.23 bits per heavy atom. The number of carbonyl (C=O) groups is 1. The highest BCUT2D eigenvalue weighted by Crippen LogP contribution is 2.49. The van der Waals surface area contributed by atoms with Crippen LogP contribution < -0.4 is 0 Å². The van der Waals surface area contributed by atoms with Crippen molar-refractivity contribution < 1.29 is 18.9 Å². The monoisotopic (exact) mass is 357 g/mol. The maximum atomic E-state index is 12.1. The van der Waals surface area contributed by atoms with Crippen molar-refractivity contribution in [2.45, 2.75) is 38.7 Å². The number of benzene rings is 1. The molecule has 26 heavy (non-hydrogen) atoms. The third kappa shape index (κ3) is 3.44. The summed E-state index contributed by atoms with van der Waals surface area (Å²) in [7, 11) is 0. The van der Waals surface area contributed by atoms with E-state index in [0.29, 0.717) is 23.8 Å². The van der Waals surface area contributed by atoms with E-state index in [-0.39, 0.29) is 30.0 Å². The summed E-state index contributed by atoms with van der Waals surface area (Å²) in [6, 6.07) is 5.82. The molecule has 0 amide bonds. The zero-order valence-corrected chi connectivity index (χ0v) is 14.2. The number of non-ortho nitro benzene ring substituents is 1. The molecule has 2 aromatic rings. The predicted molar refractivity (Wildman–Crippen MR) is 89.7 cm³/mol. The zero-order chi connectivity index (χ0) is 18.1. The number of ether oxygens (including phenoxy) is 1. The zero-order valence-electron chi connectivity index (χ0n) is 14.2. The fraction of sp³-hybridized carbons (Fsp3) is 0.500. The van der Waals surface area contributed by atoms with Gasteiger partial charge in [-0.25, -0.2) is 0 Å². The molecule has 8 heteroatoms. The lowest BCUT2D eigenvalue weighted by molar-refractivity contribution is -0.384. The topological polar surface area (TPSA) is 108 Å². The predicted octanol–water partition coefficient (Wildman–Crippen LogP) is 3.51. The van der Waals surface area contributed by atoms with Gasteiger partial charge in [0.1, 0.15) is 0 Å². The highest BCUT2D eigenvalue weighted by atomic mass is 16.6. The molecule has 4 rings (SSSR count). The number of nitro benzene ring substituents is 1. The van der Waals surface area contributed by atoms with Gasteiger partial charge in [-0.2, -0.15) is 0 Å². The molecule has 1 aromatic carbocycles. The summed E-state index contributed by atoms with van der Waals surface area (Å²) < 4.78 is 10.7. The van der Waals surface area contributed by atoms with Gasteiger partial charge in [-0.1, -0.05) is 6.42 Å². The number of hydrogen-bond acceptors (Lipinski definition) is 7. The smallest absolute Gasteiger partial charge is 0.306 e. The van der Waals surface area contributed by atoms with E-state index in [1.54, 1.807) is 0 Å². The average Bonchev–Trinajstić information content (AvgIpc) is 3.37. The molecule has 136 valence electrons. The number of aromatic nitrogens is 2. The van der Waals surface area contributed by atoms with E-state index >= 15 is 0 Å². The molecular weight excluding hydrogens is 338 g/mol. The van der Waals surface area contributed by atoms with Crippen molar-refractivity contribution in [3.8, 4) is 11.5 Å². The minimum Gasteiger partial charge on any atom is -0.456 e. The maximum absolute atomic E-state index is 12.1. The second-order valence-electron chi connectivity index (χ2n) is 7.10. The number of carbonyl (C=O) groups excluding carboxylic acids is 1. The van der Waals surface area contributed by atoms with E-state index in [4.69, 9.17) is 9.15 Å². The number of esters is 1. The summed E-state index contributed by atoms with van der Waals surface area (Å²) in [5, 5.41) is 18.4. The molecule has 0 spiro atoms. The molecule has 2 bridgehead atoms. The van der Waals surface area contributed by atoms with Crippen LogP contribution in [-0.2, 0) is 16.1 Å². The highest BCUT2D eigenvalue weighted by Gasteiger charge is 2.40.